The fourth-order valence-electron chi connectivity index (χ4n) is 7.10. The summed E-state index contributed by atoms with van der Waals surface area (Å²) < 4.78 is 24.1. The quantitative estimate of drug-likeness (QED) is 0.239. The lowest BCUT2D eigenvalue weighted by Gasteiger charge is -2.13. The largest absolute Gasteiger partial charge is 0.454 e. The number of furan rings is 1. The molecule has 2 aliphatic carbocycles. The Morgan fingerprint density at radius 1 is 0.806 bits per heavy atom. The van der Waals surface area contributed by atoms with Crippen LogP contribution in [0.2, 0.25) is 0 Å². The Balaban J connectivity index is 1.36. The monoisotopic (exact) mass is 476 g/mol. The van der Waals surface area contributed by atoms with E-state index in [1.54, 1.807) is 6.07 Å². The molecule has 0 aliphatic heterocycles. The lowest BCUT2D eigenvalue weighted by molar-refractivity contribution is -0.660. The van der Waals surface area contributed by atoms with Gasteiger partial charge in [-0.15, -0.1) is 0 Å². The van der Waals surface area contributed by atoms with Crippen molar-refractivity contribution in [1.82, 2.24) is 0 Å². The maximum atomic E-state index is 15.4. The lowest BCUT2D eigenvalue weighted by Crippen LogP contribution is -2.30. The molecule has 2 unspecified atom stereocenters. The predicted molar refractivity (Wildman–Crippen MR) is 143 cm³/mol. The van der Waals surface area contributed by atoms with E-state index in [1.165, 1.54) is 37.7 Å². The van der Waals surface area contributed by atoms with Crippen molar-refractivity contribution in [2.75, 3.05) is 0 Å². The van der Waals surface area contributed by atoms with Gasteiger partial charge in [-0.1, -0.05) is 55.7 Å². The SMILES string of the molecule is Cc1ccc2c(oc3c(-c4ccc(C5CC6CCCC6C5)cc4)c(F)ccc32)c1-c1cccc[n+]1C. The third kappa shape index (κ3) is 3.32. The Kier molecular flexibility index (Phi) is 5.02. The minimum atomic E-state index is -0.242. The van der Waals surface area contributed by atoms with Gasteiger partial charge in [-0.2, -0.15) is 0 Å². The molecule has 2 fully saturated rings. The van der Waals surface area contributed by atoms with Crippen LogP contribution in [0.25, 0.3) is 44.3 Å². The second-order valence-corrected chi connectivity index (χ2v) is 11.0. The molecule has 2 heterocycles. The van der Waals surface area contributed by atoms with Gasteiger partial charge in [-0.05, 0) is 72.4 Å². The Labute approximate surface area is 211 Å². The third-order valence-electron chi connectivity index (χ3n) is 8.94. The summed E-state index contributed by atoms with van der Waals surface area (Å²) in [6.45, 7) is 2.10. The summed E-state index contributed by atoms with van der Waals surface area (Å²) in [6, 6.07) is 22.5. The van der Waals surface area contributed by atoms with Gasteiger partial charge in [0.2, 0.25) is 5.69 Å². The first-order valence-electron chi connectivity index (χ1n) is 13.3. The minimum absolute atomic E-state index is 0.242. The molecule has 2 nitrogen and oxygen atoms in total. The molecule has 2 atom stereocenters. The molecular formula is C33H31FNO+. The van der Waals surface area contributed by atoms with Crippen LogP contribution in [-0.4, -0.2) is 0 Å². The molecule has 5 aromatic rings. The Morgan fingerprint density at radius 3 is 2.22 bits per heavy atom. The summed E-state index contributed by atoms with van der Waals surface area (Å²) in [4.78, 5) is 0. The fourth-order valence-corrected chi connectivity index (χ4v) is 7.10. The zero-order valence-electron chi connectivity index (χ0n) is 20.9. The van der Waals surface area contributed by atoms with Crippen molar-refractivity contribution >= 4 is 21.9 Å². The van der Waals surface area contributed by atoms with Crippen LogP contribution < -0.4 is 4.57 Å². The van der Waals surface area contributed by atoms with Gasteiger partial charge in [-0.25, -0.2) is 8.96 Å². The molecule has 2 aromatic heterocycles. The van der Waals surface area contributed by atoms with Crippen LogP contribution in [0, 0.1) is 24.6 Å². The zero-order chi connectivity index (χ0) is 24.4. The molecule has 2 aliphatic rings. The van der Waals surface area contributed by atoms with Gasteiger partial charge in [0.05, 0.1) is 11.1 Å². The molecule has 0 bridgehead atoms. The number of aromatic nitrogens is 1. The minimum Gasteiger partial charge on any atom is -0.454 e. The van der Waals surface area contributed by atoms with E-state index in [9.17, 15) is 0 Å². The number of rotatable bonds is 3. The molecule has 36 heavy (non-hydrogen) atoms. The summed E-state index contributed by atoms with van der Waals surface area (Å²) in [7, 11) is 2.04. The Hall–Kier alpha value is -3.46. The number of pyridine rings is 1. The molecule has 0 N–H and O–H groups in total. The van der Waals surface area contributed by atoms with E-state index in [0.717, 1.165) is 50.6 Å². The molecule has 0 saturated heterocycles. The Morgan fingerprint density at radius 2 is 1.50 bits per heavy atom. The lowest BCUT2D eigenvalue weighted by atomic mass is 9.92. The highest BCUT2D eigenvalue weighted by atomic mass is 19.1. The van der Waals surface area contributed by atoms with Gasteiger partial charge in [-0.3, -0.25) is 0 Å². The number of hydrogen-bond acceptors (Lipinski definition) is 1. The maximum Gasteiger partial charge on any atom is 0.216 e. The second-order valence-electron chi connectivity index (χ2n) is 11.0. The molecule has 180 valence electrons. The number of hydrogen-bond donors (Lipinski definition) is 0. The first-order valence-corrected chi connectivity index (χ1v) is 13.3. The van der Waals surface area contributed by atoms with Gasteiger partial charge < -0.3 is 4.42 Å². The zero-order valence-corrected chi connectivity index (χ0v) is 20.9. The molecular weight excluding hydrogens is 445 g/mol. The van der Waals surface area contributed by atoms with Crippen LogP contribution >= 0.6 is 0 Å². The van der Waals surface area contributed by atoms with Crippen LogP contribution in [0.4, 0.5) is 4.39 Å². The Bertz CT molecular complexity index is 1600. The molecule has 0 radical (unpaired) electrons. The van der Waals surface area contributed by atoms with Gasteiger partial charge in [0.15, 0.2) is 6.20 Å². The van der Waals surface area contributed by atoms with Crippen molar-refractivity contribution in [2.45, 2.75) is 44.9 Å². The molecule has 2 saturated carbocycles. The standard InChI is InChI=1S/C33H31FNO/c1-20-9-14-26-27-15-16-28(34)31(33(27)36-32(26)30(20)29-8-3-4-17-35(29)2)22-12-10-21(11-13-22)25-18-23-6-5-7-24(23)19-25/h3-4,8-17,23-25H,5-7,18-19H2,1-2H3/q+1. The normalized spacial score (nSPS) is 21.5. The number of aryl methyl sites for hydroxylation is 2. The van der Waals surface area contributed by atoms with E-state index in [4.69, 9.17) is 4.42 Å². The van der Waals surface area contributed by atoms with Crippen molar-refractivity contribution in [3.05, 3.63) is 89.9 Å². The predicted octanol–water partition coefficient (Wildman–Crippen LogP) is 8.49. The van der Waals surface area contributed by atoms with Crippen LogP contribution in [0.3, 0.4) is 0 Å². The van der Waals surface area contributed by atoms with Crippen molar-refractivity contribution < 1.29 is 13.4 Å². The van der Waals surface area contributed by atoms with Crippen LogP contribution in [0.1, 0.15) is 49.1 Å². The van der Waals surface area contributed by atoms with Gasteiger partial charge >= 0.3 is 0 Å². The highest BCUT2D eigenvalue weighted by Crippen LogP contribution is 2.50. The van der Waals surface area contributed by atoms with Gasteiger partial charge in [0.25, 0.3) is 0 Å². The van der Waals surface area contributed by atoms with Crippen molar-refractivity contribution in [2.24, 2.45) is 18.9 Å². The average Bonchev–Trinajstić information content (AvgIpc) is 3.58. The first-order chi connectivity index (χ1) is 17.6. The highest BCUT2D eigenvalue weighted by Gasteiger charge is 2.37. The van der Waals surface area contributed by atoms with Crippen LogP contribution in [0.15, 0.2) is 77.3 Å². The average molecular weight is 477 g/mol. The summed E-state index contributed by atoms with van der Waals surface area (Å²) in [6.07, 6.45) is 8.89. The molecule has 3 aromatic carbocycles. The number of fused-ring (bicyclic) bond motifs is 4. The smallest absolute Gasteiger partial charge is 0.216 e. The van der Waals surface area contributed by atoms with E-state index in [-0.39, 0.29) is 5.82 Å². The van der Waals surface area contributed by atoms with Crippen molar-refractivity contribution in [1.29, 1.82) is 0 Å². The van der Waals surface area contributed by atoms with E-state index in [2.05, 4.69) is 54.0 Å². The highest BCUT2D eigenvalue weighted by molar-refractivity contribution is 6.13. The molecule has 3 heteroatoms. The number of halogens is 1. The second kappa shape index (κ2) is 8.30. The summed E-state index contributed by atoms with van der Waals surface area (Å²) in [5.74, 6) is 2.24. The topological polar surface area (TPSA) is 17.0 Å². The van der Waals surface area contributed by atoms with Crippen molar-refractivity contribution in [3.63, 3.8) is 0 Å². The summed E-state index contributed by atoms with van der Waals surface area (Å²) in [5, 5.41) is 1.97. The summed E-state index contributed by atoms with van der Waals surface area (Å²) >= 11 is 0. The van der Waals surface area contributed by atoms with Crippen LogP contribution in [0.5, 0.6) is 0 Å². The third-order valence-corrected chi connectivity index (χ3v) is 8.94. The van der Waals surface area contributed by atoms with E-state index >= 15 is 4.39 Å². The first kappa shape index (κ1) is 21.8. The van der Waals surface area contributed by atoms with Gasteiger partial charge in [0.1, 0.15) is 24.0 Å². The number of benzene rings is 3. The number of nitrogens with zero attached hydrogens (tertiary/aromatic N) is 1. The summed E-state index contributed by atoms with van der Waals surface area (Å²) in [5.41, 5.74) is 7.54. The molecule has 0 spiro atoms. The fraction of sp³-hybridized carbons (Fsp3) is 0.303. The van der Waals surface area contributed by atoms with Crippen molar-refractivity contribution in [3.8, 4) is 22.4 Å². The van der Waals surface area contributed by atoms with E-state index in [0.29, 0.717) is 17.1 Å². The maximum absolute atomic E-state index is 15.4. The van der Waals surface area contributed by atoms with Crippen LogP contribution in [-0.2, 0) is 7.05 Å². The van der Waals surface area contributed by atoms with E-state index < -0.39 is 0 Å². The molecule has 7 rings (SSSR count). The van der Waals surface area contributed by atoms with E-state index in [1.807, 2.05) is 31.4 Å². The van der Waals surface area contributed by atoms with Gasteiger partial charge in [0, 0.05) is 22.9 Å². The molecule has 0 amide bonds.